The van der Waals surface area contributed by atoms with Crippen molar-refractivity contribution in [2.24, 2.45) is 5.73 Å². The van der Waals surface area contributed by atoms with E-state index in [9.17, 15) is 4.79 Å². The molecule has 0 aliphatic rings. The van der Waals surface area contributed by atoms with Crippen molar-refractivity contribution in [3.8, 4) is 0 Å². The number of nitrogens with one attached hydrogen (secondary N) is 1. The minimum Gasteiger partial charge on any atom is -0.346 e. The number of hydrogen-bond acceptors (Lipinski definition) is 3. The molecule has 0 aliphatic heterocycles. The number of aryl methyl sites for hydroxylation is 2. The maximum Gasteiger partial charge on any atom is 0.262 e. The van der Waals surface area contributed by atoms with Crippen LogP contribution >= 0.6 is 0 Å². The highest BCUT2D eigenvalue weighted by Gasteiger charge is 2.04. The van der Waals surface area contributed by atoms with Crippen molar-refractivity contribution in [2.45, 2.75) is 19.5 Å². The number of nitrogens with two attached hydrogens (primary N) is 1. The van der Waals surface area contributed by atoms with Gasteiger partial charge >= 0.3 is 0 Å². The van der Waals surface area contributed by atoms with Gasteiger partial charge < -0.3 is 10.7 Å². The zero-order valence-electron chi connectivity index (χ0n) is 11.0. The fraction of sp³-hybridized carbons (Fsp3) is 0.200. The van der Waals surface area contributed by atoms with Crippen LogP contribution in [0.1, 0.15) is 11.1 Å². The zero-order valence-corrected chi connectivity index (χ0v) is 11.0. The first-order valence-corrected chi connectivity index (χ1v) is 6.58. The van der Waals surface area contributed by atoms with Gasteiger partial charge in [-0.2, -0.15) is 0 Å². The lowest BCUT2D eigenvalue weighted by Gasteiger charge is -2.06. The number of hydrogen-bond donors (Lipinski definition) is 2. The van der Waals surface area contributed by atoms with Crippen molar-refractivity contribution in [1.82, 2.24) is 14.5 Å². The largest absolute Gasteiger partial charge is 0.346 e. The van der Waals surface area contributed by atoms with Gasteiger partial charge in [-0.25, -0.2) is 4.98 Å². The summed E-state index contributed by atoms with van der Waals surface area (Å²) in [5.74, 6) is 0. The smallest absolute Gasteiger partial charge is 0.262 e. The van der Waals surface area contributed by atoms with Crippen LogP contribution in [-0.4, -0.2) is 14.5 Å². The highest BCUT2D eigenvalue weighted by molar-refractivity contribution is 5.73. The predicted molar refractivity (Wildman–Crippen MR) is 78.4 cm³/mol. The summed E-state index contributed by atoms with van der Waals surface area (Å²) in [6, 6.07) is 9.90. The summed E-state index contributed by atoms with van der Waals surface area (Å²) in [6.07, 6.45) is 4.12. The fourth-order valence-corrected chi connectivity index (χ4v) is 2.23. The van der Waals surface area contributed by atoms with E-state index in [1.165, 1.54) is 5.56 Å². The van der Waals surface area contributed by atoms with Crippen LogP contribution in [-0.2, 0) is 19.5 Å². The molecule has 0 spiro atoms. The number of fused-ring (bicyclic) bond motifs is 1. The molecule has 0 fully saturated rings. The number of H-pyrrole nitrogens is 1. The van der Waals surface area contributed by atoms with E-state index < -0.39 is 0 Å². The molecule has 3 aromatic rings. The maximum absolute atomic E-state index is 12.2. The topological polar surface area (TPSA) is 76.7 Å². The second-order valence-corrected chi connectivity index (χ2v) is 4.75. The van der Waals surface area contributed by atoms with E-state index in [-0.39, 0.29) is 5.56 Å². The molecular formula is C15H16N4O. The van der Waals surface area contributed by atoms with Gasteiger partial charge in [0.15, 0.2) is 0 Å². The number of aromatic amines is 1. The van der Waals surface area contributed by atoms with Crippen LogP contribution in [0.5, 0.6) is 0 Å². The number of benzene rings is 1. The van der Waals surface area contributed by atoms with Gasteiger partial charge in [0.25, 0.3) is 5.56 Å². The molecule has 3 N–H and O–H groups in total. The molecule has 0 saturated heterocycles. The van der Waals surface area contributed by atoms with Gasteiger partial charge in [0.2, 0.25) is 0 Å². The second-order valence-electron chi connectivity index (χ2n) is 4.75. The van der Waals surface area contributed by atoms with Crippen LogP contribution in [0.15, 0.2) is 47.7 Å². The third kappa shape index (κ3) is 2.35. The van der Waals surface area contributed by atoms with E-state index in [0.717, 1.165) is 12.0 Å². The van der Waals surface area contributed by atoms with Crippen molar-refractivity contribution in [3.05, 3.63) is 64.3 Å². The first-order valence-electron chi connectivity index (χ1n) is 6.58. The van der Waals surface area contributed by atoms with Crippen molar-refractivity contribution in [3.63, 3.8) is 0 Å². The Kier molecular flexibility index (Phi) is 3.35. The van der Waals surface area contributed by atoms with Crippen molar-refractivity contribution >= 4 is 11.0 Å². The molecule has 3 rings (SSSR count). The summed E-state index contributed by atoms with van der Waals surface area (Å²) in [5.41, 5.74) is 8.50. The van der Waals surface area contributed by atoms with E-state index >= 15 is 0 Å². The van der Waals surface area contributed by atoms with E-state index in [1.54, 1.807) is 23.2 Å². The molecule has 102 valence electrons. The quantitative estimate of drug-likeness (QED) is 0.751. The SMILES string of the molecule is NCc1ccc(CCn2cnc3[nH]ccc3c2=O)cc1. The van der Waals surface area contributed by atoms with Crippen LogP contribution in [0.25, 0.3) is 11.0 Å². The second kappa shape index (κ2) is 5.30. The molecule has 1 aromatic carbocycles. The van der Waals surface area contributed by atoms with Gasteiger partial charge in [-0.05, 0) is 23.6 Å². The highest BCUT2D eigenvalue weighted by Crippen LogP contribution is 2.06. The summed E-state index contributed by atoms with van der Waals surface area (Å²) >= 11 is 0. The first kappa shape index (κ1) is 12.6. The summed E-state index contributed by atoms with van der Waals surface area (Å²) in [6.45, 7) is 1.17. The molecule has 20 heavy (non-hydrogen) atoms. The highest BCUT2D eigenvalue weighted by atomic mass is 16.1. The average molecular weight is 268 g/mol. The number of rotatable bonds is 4. The molecule has 0 bridgehead atoms. The summed E-state index contributed by atoms with van der Waals surface area (Å²) in [5, 5.41) is 0.631. The summed E-state index contributed by atoms with van der Waals surface area (Å²) < 4.78 is 1.65. The lowest BCUT2D eigenvalue weighted by Crippen LogP contribution is -2.21. The van der Waals surface area contributed by atoms with Gasteiger partial charge in [-0.1, -0.05) is 24.3 Å². The average Bonchev–Trinajstić information content (AvgIpc) is 2.96. The van der Waals surface area contributed by atoms with Crippen LogP contribution in [0, 0.1) is 0 Å². The first-order chi connectivity index (χ1) is 9.78. The molecular weight excluding hydrogens is 252 g/mol. The molecule has 0 amide bonds. The Morgan fingerprint density at radius 3 is 2.65 bits per heavy atom. The van der Waals surface area contributed by atoms with E-state index in [0.29, 0.717) is 24.1 Å². The molecule has 0 saturated carbocycles. The number of nitrogens with zero attached hydrogens (tertiary/aromatic N) is 2. The molecule has 5 heteroatoms. The third-order valence-corrected chi connectivity index (χ3v) is 3.44. The lowest BCUT2D eigenvalue weighted by atomic mass is 10.1. The lowest BCUT2D eigenvalue weighted by molar-refractivity contribution is 0.662. The Balaban J connectivity index is 1.79. The molecule has 0 radical (unpaired) electrons. The van der Waals surface area contributed by atoms with Crippen LogP contribution < -0.4 is 11.3 Å². The minimum absolute atomic E-state index is 0.00479. The molecule has 5 nitrogen and oxygen atoms in total. The summed E-state index contributed by atoms with van der Waals surface area (Å²) in [4.78, 5) is 19.4. The van der Waals surface area contributed by atoms with Gasteiger partial charge in [0.05, 0.1) is 11.7 Å². The molecule has 0 atom stereocenters. The Hall–Kier alpha value is -2.40. The predicted octanol–water partition coefficient (Wildman–Crippen LogP) is 1.43. The summed E-state index contributed by atoms with van der Waals surface area (Å²) in [7, 11) is 0. The molecule has 2 heterocycles. The van der Waals surface area contributed by atoms with Gasteiger partial charge in [0, 0.05) is 19.3 Å². The molecule has 0 aliphatic carbocycles. The van der Waals surface area contributed by atoms with E-state index in [4.69, 9.17) is 5.73 Å². The fourth-order valence-electron chi connectivity index (χ4n) is 2.23. The van der Waals surface area contributed by atoms with Crippen molar-refractivity contribution < 1.29 is 0 Å². The van der Waals surface area contributed by atoms with Crippen molar-refractivity contribution in [1.29, 1.82) is 0 Å². The molecule has 0 unspecified atom stereocenters. The van der Waals surface area contributed by atoms with Gasteiger partial charge in [-0.15, -0.1) is 0 Å². The van der Waals surface area contributed by atoms with Gasteiger partial charge in [0.1, 0.15) is 5.65 Å². The van der Waals surface area contributed by atoms with Crippen LogP contribution in [0.4, 0.5) is 0 Å². The minimum atomic E-state index is -0.00479. The standard InChI is InChI=1S/C15H16N4O/c16-9-12-3-1-11(2-4-12)6-8-19-10-18-14-13(15(19)20)5-7-17-14/h1-5,7,10,17H,6,8-9,16H2. The van der Waals surface area contributed by atoms with Crippen molar-refractivity contribution in [2.75, 3.05) is 0 Å². The Morgan fingerprint density at radius 2 is 1.90 bits per heavy atom. The van der Waals surface area contributed by atoms with Crippen LogP contribution in [0.3, 0.4) is 0 Å². The zero-order chi connectivity index (χ0) is 13.9. The van der Waals surface area contributed by atoms with E-state index in [2.05, 4.69) is 22.1 Å². The normalized spacial score (nSPS) is 11.1. The van der Waals surface area contributed by atoms with E-state index in [1.807, 2.05) is 12.1 Å². The Labute approximate surface area is 116 Å². The Morgan fingerprint density at radius 1 is 1.15 bits per heavy atom. The maximum atomic E-state index is 12.2. The van der Waals surface area contributed by atoms with Crippen LogP contribution in [0.2, 0.25) is 0 Å². The monoisotopic (exact) mass is 268 g/mol. The Bertz CT molecular complexity index is 770. The number of aromatic nitrogens is 3. The third-order valence-electron chi connectivity index (χ3n) is 3.44. The molecule has 2 aromatic heterocycles. The van der Waals surface area contributed by atoms with Gasteiger partial charge in [-0.3, -0.25) is 9.36 Å².